The molecule has 0 unspecified atom stereocenters. The smallest absolute Gasteiger partial charge is 0.258 e. The maximum absolute atomic E-state index is 14.1. The average molecular weight is 352 g/mol. The molecule has 2 aromatic heterocycles. The van der Waals surface area contributed by atoms with Crippen molar-refractivity contribution in [3.05, 3.63) is 54.0 Å². The maximum Gasteiger partial charge on any atom is 0.258 e. The quantitative estimate of drug-likeness (QED) is 0.719. The van der Waals surface area contributed by atoms with Crippen LogP contribution in [-0.2, 0) is 4.79 Å². The van der Waals surface area contributed by atoms with Gasteiger partial charge in [0.05, 0.1) is 0 Å². The lowest BCUT2D eigenvalue weighted by Gasteiger charge is -2.09. The molecule has 0 aliphatic carbocycles. The summed E-state index contributed by atoms with van der Waals surface area (Å²) in [5.41, 5.74) is 2.13. The van der Waals surface area contributed by atoms with Gasteiger partial charge in [0.25, 0.3) is 5.91 Å². The van der Waals surface area contributed by atoms with Crippen LogP contribution in [-0.4, -0.2) is 20.1 Å². The largest absolute Gasteiger partial charge is 0.308 e. The van der Waals surface area contributed by atoms with Gasteiger partial charge in [-0.1, -0.05) is 41.4 Å². The van der Waals surface area contributed by atoms with Gasteiger partial charge in [0.1, 0.15) is 23.0 Å². The summed E-state index contributed by atoms with van der Waals surface area (Å²) in [5, 5.41) is 2.62. The van der Waals surface area contributed by atoms with Crippen LogP contribution in [0.4, 0.5) is 10.2 Å². The Morgan fingerprint density at radius 2 is 2.00 bits per heavy atom. The van der Waals surface area contributed by atoms with Gasteiger partial charge in [-0.25, -0.2) is 9.37 Å². The molecule has 0 bridgehead atoms. The number of nitrogens with zero attached hydrogens (tertiary/aromatic N) is 2. The molecule has 1 amide bonds. The predicted octanol–water partition coefficient (Wildman–Crippen LogP) is 4.19. The van der Waals surface area contributed by atoms with Gasteiger partial charge in [-0.2, -0.15) is 0 Å². The molecule has 0 aliphatic rings. The van der Waals surface area contributed by atoms with Crippen LogP contribution in [0.1, 0.15) is 5.56 Å². The summed E-state index contributed by atoms with van der Waals surface area (Å²) in [7, 11) is 0. The summed E-state index contributed by atoms with van der Waals surface area (Å²) in [6, 6.07) is 9.88. The third-order valence-corrected chi connectivity index (χ3v) is 3.73. The lowest BCUT2D eigenvalue weighted by atomic mass is 10.1. The number of halogens is 3. The van der Waals surface area contributed by atoms with Crippen molar-refractivity contribution in [2.45, 2.75) is 11.8 Å². The Kier molecular flexibility index (Phi) is 4.24. The lowest BCUT2D eigenvalue weighted by molar-refractivity contribution is -0.114. The zero-order chi connectivity index (χ0) is 16.6. The highest BCUT2D eigenvalue weighted by Gasteiger charge is 2.21. The van der Waals surface area contributed by atoms with E-state index in [1.807, 2.05) is 13.0 Å². The number of fused-ring (bicyclic) bond motifs is 1. The van der Waals surface area contributed by atoms with E-state index in [0.717, 1.165) is 5.56 Å². The highest BCUT2D eigenvalue weighted by atomic mass is 35.5. The molecule has 0 saturated heterocycles. The first-order valence-electron chi connectivity index (χ1n) is 6.80. The Labute approximate surface area is 141 Å². The van der Waals surface area contributed by atoms with Crippen molar-refractivity contribution in [1.29, 1.82) is 0 Å². The summed E-state index contributed by atoms with van der Waals surface area (Å²) in [5.74, 6) is -0.712. The van der Waals surface area contributed by atoms with E-state index in [9.17, 15) is 9.18 Å². The molecule has 0 fully saturated rings. The second-order valence-electron chi connectivity index (χ2n) is 5.01. The molecule has 7 heteroatoms. The minimum atomic E-state index is -1.24. The molecule has 4 nitrogen and oxygen atoms in total. The normalized spacial score (nSPS) is 11.2. The minimum Gasteiger partial charge on any atom is -0.308 e. The van der Waals surface area contributed by atoms with Crippen molar-refractivity contribution in [1.82, 2.24) is 9.38 Å². The summed E-state index contributed by atoms with van der Waals surface area (Å²) in [4.78, 5) is 15.1. The van der Waals surface area contributed by atoms with E-state index in [1.54, 1.807) is 34.9 Å². The summed E-state index contributed by atoms with van der Waals surface area (Å²) < 4.78 is 15.8. The van der Waals surface area contributed by atoms with E-state index in [4.69, 9.17) is 23.2 Å². The molecule has 3 rings (SSSR count). The van der Waals surface area contributed by atoms with Gasteiger partial charge in [0, 0.05) is 11.8 Å². The topological polar surface area (TPSA) is 46.4 Å². The highest BCUT2D eigenvalue weighted by molar-refractivity contribution is 6.54. The van der Waals surface area contributed by atoms with E-state index in [1.165, 1.54) is 6.07 Å². The van der Waals surface area contributed by atoms with Crippen LogP contribution < -0.4 is 5.32 Å². The molecule has 1 N–H and O–H groups in total. The van der Waals surface area contributed by atoms with Crippen molar-refractivity contribution in [2.24, 2.45) is 0 Å². The number of benzene rings is 1. The number of carbonyl (C=O) groups excluding carboxylic acids is 1. The van der Waals surface area contributed by atoms with Gasteiger partial charge < -0.3 is 5.32 Å². The molecule has 0 aliphatic heterocycles. The number of rotatable bonds is 3. The van der Waals surface area contributed by atoms with Gasteiger partial charge in [-0.15, -0.1) is 0 Å². The molecule has 0 radical (unpaired) electrons. The fourth-order valence-corrected chi connectivity index (χ4v) is 2.39. The molecule has 3 aromatic rings. The van der Waals surface area contributed by atoms with Gasteiger partial charge in [-0.3, -0.25) is 9.20 Å². The van der Waals surface area contributed by atoms with E-state index in [2.05, 4.69) is 10.3 Å². The maximum atomic E-state index is 14.1. The Bertz CT molecular complexity index is 892. The number of amides is 1. The third-order valence-electron chi connectivity index (χ3n) is 3.34. The molecule has 0 spiro atoms. The van der Waals surface area contributed by atoms with Crippen molar-refractivity contribution in [3.8, 4) is 11.3 Å². The Balaban J connectivity index is 2.24. The number of aryl methyl sites for hydroxylation is 1. The van der Waals surface area contributed by atoms with Crippen LogP contribution in [0.5, 0.6) is 0 Å². The molecule has 2 heterocycles. The molecular formula is C16H12Cl2FN3O. The van der Waals surface area contributed by atoms with Crippen molar-refractivity contribution < 1.29 is 9.18 Å². The number of alkyl halides is 2. The standard InChI is InChI=1S/C16H12Cl2FN3O/c1-9-6-7-12-20-13(10-4-2-3-5-11(10)19)15(22(12)8-9)21-16(23)14(17)18/h2-8,14H,1H3,(H,21,23). The minimum absolute atomic E-state index is 0.282. The molecule has 118 valence electrons. The van der Waals surface area contributed by atoms with Crippen LogP contribution in [0.2, 0.25) is 0 Å². The van der Waals surface area contributed by atoms with Gasteiger partial charge in [-0.05, 0) is 30.7 Å². The Morgan fingerprint density at radius 1 is 1.26 bits per heavy atom. The number of aromatic nitrogens is 2. The number of hydrogen-bond acceptors (Lipinski definition) is 2. The first kappa shape index (κ1) is 15.8. The van der Waals surface area contributed by atoms with Crippen LogP contribution in [0, 0.1) is 12.7 Å². The number of imidazole rings is 1. The van der Waals surface area contributed by atoms with E-state index in [-0.39, 0.29) is 5.56 Å². The SMILES string of the molecule is Cc1ccc2nc(-c3ccccc3F)c(NC(=O)C(Cl)Cl)n2c1. The second-order valence-corrected chi connectivity index (χ2v) is 6.11. The summed E-state index contributed by atoms with van der Waals surface area (Å²) >= 11 is 11.2. The van der Waals surface area contributed by atoms with E-state index >= 15 is 0 Å². The molecule has 0 saturated carbocycles. The van der Waals surface area contributed by atoms with Crippen molar-refractivity contribution in [2.75, 3.05) is 5.32 Å². The zero-order valence-electron chi connectivity index (χ0n) is 12.1. The van der Waals surface area contributed by atoms with Crippen LogP contribution in [0.25, 0.3) is 16.9 Å². The fraction of sp³-hybridized carbons (Fsp3) is 0.125. The van der Waals surface area contributed by atoms with Gasteiger partial charge >= 0.3 is 0 Å². The monoisotopic (exact) mass is 351 g/mol. The van der Waals surface area contributed by atoms with E-state index < -0.39 is 16.6 Å². The number of hydrogen-bond donors (Lipinski definition) is 1. The van der Waals surface area contributed by atoms with E-state index in [0.29, 0.717) is 17.2 Å². The van der Waals surface area contributed by atoms with Crippen molar-refractivity contribution >= 4 is 40.6 Å². The van der Waals surface area contributed by atoms with Crippen LogP contribution in [0.15, 0.2) is 42.6 Å². The van der Waals surface area contributed by atoms with Crippen LogP contribution in [0.3, 0.4) is 0 Å². The Hall–Kier alpha value is -2.11. The first-order chi connectivity index (χ1) is 11.0. The first-order valence-corrected chi connectivity index (χ1v) is 7.67. The van der Waals surface area contributed by atoms with Crippen molar-refractivity contribution in [3.63, 3.8) is 0 Å². The third kappa shape index (κ3) is 3.02. The Morgan fingerprint density at radius 3 is 2.70 bits per heavy atom. The summed E-state index contributed by atoms with van der Waals surface area (Å²) in [6.45, 7) is 1.90. The molecule has 1 aromatic carbocycles. The molecule has 23 heavy (non-hydrogen) atoms. The molecule has 0 atom stereocenters. The second kappa shape index (κ2) is 6.18. The number of nitrogens with one attached hydrogen (secondary N) is 1. The lowest BCUT2D eigenvalue weighted by Crippen LogP contribution is -2.20. The molecular weight excluding hydrogens is 340 g/mol. The fourth-order valence-electron chi connectivity index (χ4n) is 2.28. The summed E-state index contributed by atoms with van der Waals surface area (Å²) in [6.07, 6.45) is 1.79. The predicted molar refractivity (Wildman–Crippen MR) is 89.4 cm³/mol. The highest BCUT2D eigenvalue weighted by Crippen LogP contribution is 2.31. The number of anilines is 1. The number of carbonyl (C=O) groups is 1. The van der Waals surface area contributed by atoms with Crippen LogP contribution >= 0.6 is 23.2 Å². The number of pyridine rings is 1. The van der Waals surface area contributed by atoms with Gasteiger partial charge in [0.15, 0.2) is 4.84 Å². The van der Waals surface area contributed by atoms with Gasteiger partial charge in [0.2, 0.25) is 0 Å². The zero-order valence-corrected chi connectivity index (χ0v) is 13.6. The average Bonchev–Trinajstić information content (AvgIpc) is 2.85.